The first-order chi connectivity index (χ1) is 14.4. The van der Waals surface area contributed by atoms with E-state index in [-0.39, 0.29) is 12.5 Å². The van der Waals surface area contributed by atoms with Crippen molar-refractivity contribution in [3.05, 3.63) is 56.2 Å². The number of halogens is 6. The van der Waals surface area contributed by atoms with Crippen molar-refractivity contribution in [2.75, 3.05) is 18.9 Å². The number of rotatable bonds is 5. The Balaban J connectivity index is 1.96. The Morgan fingerprint density at radius 3 is 2.55 bits per heavy atom. The fraction of sp³-hybridized carbons (Fsp3) is 0.176. The number of alkyl halides is 3. The van der Waals surface area contributed by atoms with Gasteiger partial charge in [-0.15, -0.1) is 0 Å². The van der Waals surface area contributed by atoms with Gasteiger partial charge in [0.25, 0.3) is 11.6 Å². The molecule has 1 heterocycles. The number of carbonyl (C=O) groups is 1. The Labute approximate surface area is 175 Å². The summed E-state index contributed by atoms with van der Waals surface area (Å²) in [4.78, 5) is 25.1. The maximum atomic E-state index is 13.8. The Morgan fingerprint density at radius 2 is 1.97 bits per heavy atom. The van der Waals surface area contributed by atoms with Crippen molar-refractivity contribution in [3.63, 3.8) is 0 Å². The van der Waals surface area contributed by atoms with Crippen LogP contribution in [0.2, 0.25) is 5.02 Å². The lowest BCUT2D eigenvalue weighted by Gasteiger charge is -2.08. The second-order valence-electron chi connectivity index (χ2n) is 5.58. The minimum atomic E-state index is -4.62. The Bertz CT molecular complexity index is 1100. The highest BCUT2D eigenvalue weighted by molar-refractivity contribution is 6.31. The van der Waals surface area contributed by atoms with Crippen LogP contribution in [0.5, 0.6) is 5.88 Å². The first kappa shape index (κ1) is 23.6. The van der Waals surface area contributed by atoms with Crippen LogP contribution in [-0.4, -0.2) is 29.0 Å². The van der Waals surface area contributed by atoms with E-state index < -0.39 is 62.7 Å². The zero-order valence-electron chi connectivity index (χ0n) is 15.0. The number of nitro benzene ring substituents is 1. The molecule has 0 aliphatic rings. The van der Waals surface area contributed by atoms with E-state index in [1.165, 1.54) is 0 Å². The summed E-state index contributed by atoms with van der Waals surface area (Å²) in [5, 5.41) is 12.5. The quantitative estimate of drug-likeness (QED) is 0.230. The molecule has 31 heavy (non-hydrogen) atoms. The van der Waals surface area contributed by atoms with Crippen LogP contribution in [0.1, 0.15) is 15.9 Å². The smallest absolute Gasteiger partial charge is 0.417 e. The molecular formula is C17H10ClF5N4O4. The molecule has 0 fully saturated rings. The van der Waals surface area contributed by atoms with E-state index in [9.17, 15) is 36.9 Å². The fourth-order valence-electron chi connectivity index (χ4n) is 2.07. The lowest BCUT2D eigenvalue weighted by Crippen LogP contribution is -2.25. The number of carbonyl (C=O) groups excluding carboxylic acids is 1. The van der Waals surface area contributed by atoms with Crippen molar-refractivity contribution in [2.45, 2.75) is 6.18 Å². The van der Waals surface area contributed by atoms with Crippen molar-refractivity contribution in [1.29, 1.82) is 0 Å². The van der Waals surface area contributed by atoms with Crippen molar-refractivity contribution in [1.82, 2.24) is 10.3 Å². The van der Waals surface area contributed by atoms with Crippen molar-refractivity contribution >= 4 is 28.9 Å². The molecule has 0 aliphatic heterocycles. The highest BCUT2D eigenvalue weighted by Crippen LogP contribution is 2.33. The van der Waals surface area contributed by atoms with Gasteiger partial charge in [-0.2, -0.15) is 13.2 Å². The topological polar surface area (TPSA) is 120 Å². The molecule has 0 bridgehead atoms. The standard InChI is InChI=1S/C17H10ClF5N4O4/c18-10-5-8(17(21,22)23)7-26-16(10)31-4-2-1-3-25-15(28)9-6-11(27(29)30)14(24)13(20)12(9)19/h5-7H,3-4,24H2,(H,25,28). The molecule has 0 unspecified atom stereocenters. The van der Waals surface area contributed by atoms with Gasteiger partial charge in [-0.05, 0) is 6.07 Å². The SMILES string of the molecule is Nc1c([N+](=O)[O-])cc(C(=O)NCC#CCOc2ncc(C(F)(F)F)cc2Cl)c(F)c1F. The van der Waals surface area contributed by atoms with Crippen LogP contribution >= 0.6 is 11.6 Å². The summed E-state index contributed by atoms with van der Waals surface area (Å²) in [6.45, 7) is -0.764. The molecule has 3 N–H and O–H groups in total. The summed E-state index contributed by atoms with van der Waals surface area (Å²) in [5.41, 5.74) is 1.06. The molecule has 0 atom stereocenters. The second-order valence-corrected chi connectivity index (χ2v) is 5.98. The van der Waals surface area contributed by atoms with Crippen LogP contribution in [0, 0.1) is 33.6 Å². The number of hydrogen-bond acceptors (Lipinski definition) is 6. The summed E-state index contributed by atoms with van der Waals surface area (Å²) in [5.74, 6) is -0.166. The maximum Gasteiger partial charge on any atom is 0.417 e. The van der Waals surface area contributed by atoms with E-state index in [1.54, 1.807) is 0 Å². The molecule has 0 radical (unpaired) electrons. The zero-order valence-corrected chi connectivity index (χ0v) is 15.8. The summed E-state index contributed by atoms with van der Waals surface area (Å²) >= 11 is 5.64. The summed E-state index contributed by atoms with van der Waals surface area (Å²) in [7, 11) is 0. The number of nitro groups is 1. The molecule has 8 nitrogen and oxygen atoms in total. The molecule has 1 aromatic carbocycles. The number of nitrogens with zero attached hydrogens (tertiary/aromatic N) is 2. The molecule has 2 rings (SSSR count). The van der Waals surface area contributed by atoms with Gasteiger partial charge >= 0.3 is 6.18 Å². The highest BCUT2D eigenvalue weighted by Gasteiger charge is 2.31. The van der Waals surface area contributed by atoms with Gasteiger partial charge in [0.05, 0.1) is 22.6 Å². The average molecular weight is 465 g/mol. The van der Waals surface area contributed by atoms with Crippen molar-refractivity contribution < 1.29 is 36.4 Å². The van der Waals surface area contributed by atoms with E-state index >= 15 is 0 Å². The number of nitrogens with one attached hydrogen (secondary N) is 1. The van der Waals surface area contributed by atoms with Gasteiger partial charge in [0.15, 0.2) is 18.2 Å². The van der Waals surface area contributed by atoms with Gasteiger partial charge < -0.3 is 15.8 Å². The summed E-state index contributed by atoms with van der Waals surface area (Å²) in [6, 6.07) is 1.11. The lowest BCUT2D eigenvalue weighted by molar-refractivity contribution is -0.384. The fourth-order valence-corrected chi connectivity index (χ4v) is 2.29. The molecular weight excluding hydrogens is 455 g/mol. The number of nitrogen functional groups attached to an aromatic ring is 1. The van der Waals surface area contributed by atoms with E-state index in [4.69, 9.17) is 22.1 Å². The van der Waals surface area contributed by atoms with Crippen LogP contribution in [-0.2, 0) is 6.18 Å². The van der Waals surface area contributed by atoms with Crippen LogP contribution in [0.15, 0.2) is 18.3 Å². The van der Waals surface area contributed by atoms with Gasteiger partial charge in [-0.25, -0.2) is 13.8 Å². The molecule has 14 heteroatoms. The molecule has 0 saturated heterocycles. The molecule has 0 aliphatic carbocycles. The normalized spacial score (nSPS) is 10.8. The third-order valence-electron chi connectivity index (χ3n) is 3.54. The van der Waals surface area contributed by atoms with E-state index in [1.807, 2.05) is 0 Å². The van der Waals surface area contributed by atoms with Crippen LogP contribution in [0.25, 0.3) is 0 Å². The minimum Gasteiger partial charge on any atom is -0.463 e. The zero-order chi connectivity index (χ0) is 23.3. The Kier molecular flexibility index (Phi) is 7.19. The molecule has 1 amide bonds. The van der Waals surface area contributed by atoms with Crippen molar-refractivity contribution in [2.24, 2.45) is 0 Å². The van der Waals surface area contributed by atoms with Crippen LogP contribution in [0.3, 0.4) is 0 Å². The number of benzene rings is 1. The van der Waals surface area contributed by atoms with Crippen LogP contribution in [0.4, 0.5) is 33.3 Å². The van der Waals surface area contributed by atoms with Gasteiger partial charge in [0, 0.05) is 12.3 Å². The van der Waals surface area contributed by atoms with E-state index in [0.717, 1.165) is 0 Å². The predicted molar refractivity (Wildman–Crippen MR) is 97.3 cm³/mol. The predicted octanol–water partition coefficient (Wildman–Crippen LogP) is 3.33. The van der Waals surface area contributed by atoms with Gasteiger partial charge in [0.2, 0.25) is 5.88 Å². The molecule has 0 spiro atoms. The number of nitrogens with two attached hydrogens (primary N) is 1. The molecule has 0 saturated carbocycles. The first-order valence-electron chi connectivity index (χ1n) is 7.94. The molecule has 164 valence electrons. The van der Waals surface area contributed by atoms with Gasteiger partial charge in [-0.3, -0.25) is 14.9 Å². The largest absolute Gasteiger partial charge is 0.463 e. The monoisotopic (exact) mass is 464 g/mol. The van der Waals surface area contributed by atoms with Crippen molar-refractivity contribution in [3.8, 4) is 17.7 Å². The number of hydrogen-bond donors (Lipinski definition) is 2. The van der Waals surface area contributed by atoms with Gasteiger partial charge in [0.1, 0.15) is 10.7 Å². The van der Waals surface area contributed by atoms with E-state index in [0.29, 0.717) is 18.3 Å². The van der Waals surface area contributed by atoms with Crippen LogP contribution < -0.4 is 15.8 Å². The number of amides is 1. The van der Waals surface area contributed by atoms with Gasteiger partial charge in [-0.1, -0.05) is 23.4 Å². The lowest BCUT2D eigenvalue weighted by atomic mass is 10.1. The number of ether oxygens (including phenoxy) is 1. The van der Waals surface area contributed by atoms with E-state index in [2.05, 4.69) is 22.1 Å². The first-order valence-corrected chi connectivity index (χ1v) is 8.32. The third-order valence-corrected chi connectivity index (χ3v) is 3.81. The average Bonchev–Trinajstić information content (AvgIpc) is 2.68. The minimum absolute atomic E-state index is 0.306. The third kappa shape index (κ3) is 5.70. The molecule has 1 aromatic heterocycles. The maximum absolute atomic E-state index is 13.8. The summed E-state index contributed by atoms with van der Waals surface area (Å²) < 4.78 is 70.0. The Hall–Kier alpha value is -3.66. The summed E-state index contributed by atoms with van der Waals surface area (Å²) in [6.07, 6.45) is -4.10. The highest BCUT2D eigenvalue weighted by atomic mass is 35.5. The molecule has 2 aromatic rings. The second kappa shape index (κ2) is 9.43. The Morgan fingerprint density at radius 1 is 1.29 bits per heavy atom. The number of pyridine rings is 1. The number of anilines is 1. The number of aromatic nitrogens is 1.